The lowest BCUT2D eigenvalue weighted by atomic mass is 9.49. The fraction of sp³-hybridized carbons (Fsp3) is 0.758. The fourth-order valence-electron chi connectivity index (χ4n) is 8.89. The molecule has 0 saturated heterocycles. The van der Waals surface area contributed by atoms with Crippen LogP contribution in [0.25, 0.3) is 0 Å². The largest absolute Gasteiger partial charge is 0.469 e. The lowest BCUT2D eigenvalue weighted by Crippen LogP contribution is -2.53. The normalized spacial score (nSPS) is 37.2. The van der Waals surface area contributed by atoms with Crippen LogP contribution < -0.4 is 0 Å². The van der Waals surface area contributed by atoms with Gasteiger partial charge in [-0.25, -0.2) is 0 Å². The molecular formula is C33H50O4. The van der Waals surface area contributed by atoms with Crippen molar-refractivity contribution >= 4 is 11.9 Å². The topological polar surface area (TPSA) is 52.6 Å². The Labute approximate surface area is 225 Å². The van der Waals surface area contributed by atoms with Gasteiger partial charge in [0.1, 0.15) is 6.10 Å². The van der Waals surface area contributed by atoms with Gasteiger partial charge in [-0.05, 0) is 99.5 Å². The molecule has 0 radical (unpaired) electrons. The third-order valence-corrected chi connectivity index (χ3v) is 11.1. The zero-order valence-corrected chi connectivity index (χ0v) is 24.9. The zero-order valence-electron chi connectivity index (χ0n) is 24.9. The first-order valence-electron chi connectivity index (χ1n) is 14.5. The van der Waals surface area contributed by atoms with Crippen LogP contribution in [0.5, 0.6) is 0 Å². The quantitative estimate of drug-likeness (QED) is 0.358. The van der Waals surface area contributed by atoms with Crippen molar-refractivity contribution in [1.29, 1.82) is 0 Å². The lowest BCUT2D eigenvalue weighted by Gasteiger charge is -2.57. The van der Waals surface area contributed by atoms with E-state index < -0.39 is 5.41 Å². The lowest BCUT2D eigenvalue weighted by molar-refractivity contribution is -0.166. The molecule has 0 spiro atoms. The van der Waals surface area contributed by atoms with Crippen LogP contribution in [0.2, 0.25) is 0 Å². The summed E-state index contributed by atoms with van der Waals surface area (Å²) in [6.45, 7) is 17.8. The SMILES string of the molecule is COC(=O)[C@@]12CCC(C)=C(/C=C\C3=C(C)CCC4C(C)(C)[C@@H](OC(C)=O)CC[C@]34C)[C@@H]1CC(C)(C)CC2. The van der Waals surface area contributed by atoms with E-state index in [2.05, 4.69) is 60.6 Å². The molecule has 0 N–H and O–H groups in total. The molecule has 4 heteroatoms. The average molecular weight is 511 g/mol. The molecule has 0 bridgehead atoms. The van der Waals surface area contributed by atoms with Crippen LogP contribution in [-0.4, -0.2) is 25.2 Å². The maximum Gasteiger partial charge on any atom is 0.312 e. The fourth-order valence-corrected chi connectivity index (χ4v) is 8.89. The highest BCUT2D eigenvalue weighted by Gasteiger charge is 2.56. The number of hydrogen-bond acceptors (Lipinski definition) is 4. The Morgan fingerprint density at radius 2 is 1.59 bits per heavy atom. The Hall–Kier alpha value is -1.84. The molecule has 0 aromatic heterocycles. The number of carbonyl (C=O) groups excluding carboxylic acids is 2. The van der Waals surface area contributed by atoms with Gasteiger partial charge in [0.25, 0.3) is 0 Å². The molecule has 4 aliphatic carbocycles. The summed E-state index contributed by atoms with van der Waals surface area (Å²) in [5.41, 5.74) is 5.53. The molecule has 1 unspecified atom stereocenters. The first kappa shape index (κ1) is 28.2. The second-order valence-electron chi connectivity index (χ2n) is 14.3. The molecule has 4 nitrogen and oxygen atoms in total. The number of hydrogen-bond donors (Lipinski definition) is 0. The first-order chi connectivity index (χ1) is 17.2. The van der Waals surface area contributed by atoms with Gasteiger partial charge >= 0.3 is 11.9 Å². The molecule has 0 heterocycles. The number of allylic oxidation sites excluding steroid dienone is 6. The predicted octanol–water partition coefficient (Wildman–Crippen LogP) is 8.12. The molecular weight excluding hydrogens is 460 g/mol. The molecule has 2 fully saturated rings. The minimum Gasteiger partial charge on any atom is -0.469 e. The summed E-state index contributed by atoms with van der Waals surface area (Å²) in [6.07, 6.45) is 13.8. The van der Waals surface area contributed by atoms with Gasteiger partial charge < -0.3 is 9.47 Å². The molecule has 4 rings (SSSR count). The number of fused-ring (bicyclic) bond motifs is 2. The minimum absolute atomic E-state index is 0.0166. The van der Waals surface area contributed by atoms with Gasteiger partial charge in [-0.15, -0.1) is 0 Å². The maximum atomic E-state index is 13.2. The molecule has 5 atom stereocenters. The molecule has 0 aromatic rings. The van der Waals surface area contributed by atoms with Crippen molar-refractivity contribution in [3.63, 3.8) is 0 Å². The Morgan fingerprint density at radius 1 is 0.892 bits per heavy atom. The van der Waals surface area contributed by atoms with E-state index in [1.54, 1.807) is 7.11 Å². The summed E-state index contributed by atoms with van der Waals surface area (Å²) in [5.74, 6) is 0.467. The van der Waals surface area contributed by atoms with Gasteiger partial charge in [-0.2, -0.15) is 0 Å². The van der Waals surface area contributed by atoms with Crippen LogP contribution in [0.1, 0.15) is 113 Å². The monoisotopic (exact) mass is 510 g/mol. The summed E-state index contributed by atoms with van der Waals surface area (Å²) < 4.78 is 11.3. The molecule has 0 aromatic carbocycles. The highest BCUT2D eigenvalue weighted by molar-refractivity contribution is 5.78. The van der Waals surface area contributed by atoms with Crippen molar-refractivity contribution in [2.75, 3.05) is 7.11 Å². The zero-order chi connectivity index (χ0) is 27.4. The van der Waals surface area contributed by atoms with Crippen molar-refractivity contribution in [2.45, 2.75) is 119 Å². The number of methoxy groups -OCH3 is 1. The highest BCUT2D eigenvalue weighted by atomic mass is 16.5. The molecule has 37 heavy (non-hydrogen) atoms. The van der Waals surface area contributed by atoms with Crippen molar-refractivity contribution in [3.05, 3.63) is 34.4 Å². The average Bonchev–Trinajstić information content (AvgIpc) is 2.81. The Morgan fingerprint density at radius 3 is 2.24 bits per heavy atom. The van der Waals surface area contributed by atoms with E-state index in [0.29, 0.717) is 5.92 Å². The predicted molar refractivity (Wildman–Crippen MR) is 149 cm³/mol. The summed E-state index contributed by atoms with van der Waals surface area (Å²) in [6, 6.07) is 0. The van der Waals surface area contributed by atoms with Crippen LogP contribution in [0.15, 0.2) is 34.4 Å². The Kier molecular flexibility index (Phi) is 7.40. The smallest absolute Gasteiger partial charge is 0.312 e. The maximum absolute atomic E-state index is 13.2. The Bertz CT molecular complexity index is 1040. The number of rotatable bonds is 4. The second-order valence-corrected chi connectivity index (χ2v) is 14.3. The Balaban J connectivity index is 1.71. The van der Waals surface area contributed by atoms with Gasteiger partial charge in [0, 0.05) is 18.3 Å². The standard InChI is InChI=1S/C33H50O4/c1-21-14-17-33(29(35)36-9)19-18-30(4,5)20-26(33)24(21)11-12-25-22(2)10-13-27-31(6,7)28(37-23(3)34)15-16-32(25,27)8/h11-12,26-28H,10,13-20H2,1-9H3/b12-11-/t26-,27?,28-,32+,33+/m0/s1. The molecule has 0 amide bonds. The van der Waals surface area contributed by atoms with Crippen LogP contribution in [0.4, 0.5) is 0 Å². The van der Waals surface area contributed by atoms with Gasteiger partial charge in [0.2, 0.25) is 0 Å². The third-order valence-electron chi connectivity index (χ3n) is 11.1. The number of carbonyl (C=O) groups is 2. The van der Waals surface area contributed by atoms with Crippen LogP contribution in [-0.2, 0) is 19.1 Å². The van der Waals surface area contributed by atoms with Gasteiger partial charge in [0.15, 0.2) is 0 Å². The van der Waals surface area contributed by atoms with Crippen molar-refractivity contribution in [1.82, 2.24) is 0 Å². The third kappa shape index (κ3) is 4.76. The van der Waals surface area contributed by atoms with E-state index in [1.165, 1.54) is 29.2 Å². The number of ether oxygens (including phenoxy) is 2. The summed E-state index contributed by atoms with van der Waals surface area (Å²) >= 11 is 0. The van der Waals surface area contributed by atoms with Crippen LogP contribution in [0, 0.1) is 33.5 Å². The summed E-state index contributed by atoms with van der Waals surface area (Å²) in [5, 5.41) is 0. The molecule has 2 saturated carbocycles. The van der Waals surface area contributed by atoms with Gasteiger partial charge in [0.05, 0.1) is 12.5 Å². The van der Waals surface area contributed by atoms with E-state index in [4.69, 9.17) is 9.47 Å². The molecule has 0 aliphatic heterocycles. The summed E-state index contributed by atoms with van der Waals surface area (Å²) in [4.78, 5) is 25.1. The van der Waals surface area contributed by atoms with Crippen LogP contribution in [0.3, 0.4) is 0 Å². The van der Waals surface area contributed by atoms with Crippen molar-refractivity contribution in [3.8, 4) is 0 Å². The molecule has 206 valence electrons. The minimum atomic E-state index is -0.393. The summed E-state index contributed by atoms with van der Waals surface area (Å²) in [7, 11) is 1.56. The molecule has 4 aliphatic rings. The first-order valence-corrected chi connectivity index (χ1v) is 14.5. The highest BCUT2D eigenvalue weighted by Crippen LogP contribution is 2.61. The van der Waals surface area contributed by atoms with E-state index in [1.807, 2.05) is 0 Å². The van der Waals surface area contributed by atoms with Crippen molar-refractivity contribution < 1.29 is 19.1 Å². The van der Waals surface area contributed by atoms with Crippen LogP contribution >= 0.6 is 0 Å². The van der Waals surface area contributed by atoms with E-state index in [0.717, 1.165) is 57.8 Å². The number of esters is 2. The van der Waals surface area contributed by atoms with Gasteiger partial charge in [-0.1, -0.05) is 57.9 Å². The van der Waals surface area contributed by atoms with E-state index in [9.17, 15) is 9.59 Å². The van der Waals surface area contributed by atoms with Gasteiger partial charge in [-0.3, -0.25) is 9.59 Å². The van der Waals surface area contributed by atoms with E-state index in [-0.39, 0.29) is 40.2 Å². The second kappa shape index (κ2) is 9.72. The van der Waals surface area contributed by atoms with E-state index >= 15 is 0 Å². The van der Waals surface area contributed by atoms with Crippen molar-refractivity contribution in [2.24, 2.45) is 33.5 Å².